The highest BCUT2D eigenvalue weighted by atomic mass is 16.3. The standard InChI is InChI=1S/C10H22N2O/c1-10(2,3)8-9(13)12-6-4-11-5-7-12/h9,11,13H,4-8H2,1-3H3. The molecule has 3 nitrogen and oxygen atoms in total. The second-order valence-corrected chi connectivity index (χ2v) is 5.03. The van der Waals surface area contributed by atoms with Gasteiger partial charge in [0.2, 0.25) is 0 Å². The Hall–Kier alpha value is -0.120. The molecule has 0 aromatic carbocycles. The quantitative estimate of drug-likeness (QED) is 0.664. The second kappa shape index (κ2) is 4.40. The summed E-state index contributed by atoms with van der Waals surface area (Å²) in [5, 5.41) is 13.2. The van der Waals surface area contributed by atoms with E-state index in [4.69, 9.17) is 0 Å². The van der Waals surface area contributed by atoms with Crippen molar-refractivity contribution in [2.45, 2.75) is 33.4 Å². The molecule has 0 aliphatic carbocycles. The van der Waals surface area contributed by atoms with Crippen LogP contribution >= 0.6 is 0 Å². The second-order valence-electron chi connectivity index (χ2n) is 5.03. The highest BCUT2D eigenvalue weighted by Gasteiger charge is 2.23. The monoisotopic (exact) mass is 186 g/mol. The van der Waals surface area contributed by atoms with Crippen LogP contribution in [0, 0.1) is 5.41 Å². The minimum Gasteiger partial charge on any atom is -0.378 e. The molecule has 1 heterocycles. The third kappa shape index (κ3) is 4.07. The molecule has 0 spiro atoms. The maximum atomic E-state index is 9.91. The third-order valence-electron chi connectivity index (χ3n) is 2.37. The third-order valence-corrected chi connectivity index (χ3v) is 2.37. The van der Waals surface area contributed by atoms with Crippen LogP contribution in [0.5, 0.6) is 0 Å². The summed E-state index contributed by atoms with van der Waals surface area (Å²) in [6, 6.07) is 0. The zero-order valence-electron chi connectivity index (χ0n) is 9.01. The van der Waals surface area contributed by atoms with E-state index in [2.05, 4.69) is 31.0 Å². The van der Waals surface area contributed by atoms with Crippen LogP contribution in [0.1, 0.15) is 27.2 Å². The SMILES string of the molecule is CC(C)(C)CC(O)N1CCNCC1. The van der Waals surface area contributed by atoms with E-state index in [1.54, 1.807) is 0 Å². The van der Waals surface area contributed by atoms with Crippen LogP contribution in [0.25, 0.3) is 0 Å². The van der Waals surface area contributed by atoms with Gasteiger partial charge in [-0.25, -0.2) is 0 Å². The van der Waals surface area contributed by atoms with E-state index in [9.17, 15) is 5.11 Å². The van der Waals surface area contributed by atoms with Gasteiger partial charge in [-0.2, -0.15) is 0 Å². The molecule has 3 heteroatoms. The highest BCUT2D eigenvalue weighted by Crippen LogP contribution is 2.22. The van der Waals surface area contributed by atoms with Crippen molar-refractivity contribution in [3.63, 3.8) is 0 Å². The van der Waals surface area contributed by atoms with Gasteiger partial charge in [0.15, 0.2) is 0 Å². The van der Waals surface area contributed by atoms with Crippen LogP contribution in [0.4, 0.5) is 0 Å². The fourth-order valence-electron chi connectivity index (χ4n) is 1.66. The van der Waals surface area contributed by atoms with Crippen molar-refractivity contribution in [2.75, 3.05) is 26.2 Å². The zero-order valence-corrected chi connectivity index (χ0v) is 9.01. The van der Waals surface area contributed by atoms with Crippen LogP contribution in [0.2, 0.25) is 0 Å². The molecule has 1 aliphatic heterocycles. The van der Waals surface area contributed by atoms with E-state index < -0.39 is 0 Å². The van der Waals surface area contributed by atoms with Gasteiger partial charge in [-0.1, -0.05) is 20.8 Å². The smallest absolute Gasteiger partial charge is 0.107 e. The van der Waals surface area contributed by atoms with Gasteiger partial charge in [0.1, 0.15) is 6.23 Å². The van der Waals surface area contributed by atoms with Crippen molar-refractivity contribution in [2.24, 2.45) is 5.41 Å². The van der Waals surface area contributed by atoms with E-state index in [0.717, 1.165) is 32.6 Å². The Bertz CT molecular complexity index is 147. The number of aliphatic hydroxyl groups is 1. The normalized spacial score (nSPS) is 23.1. The molecule has 0 aromatic rings. The van der Waals surface area contributed by atoms with Crippen LogP contribution < -0.4 is 5.32 Å². The molecule has 2 N–H and O–H groups in total. The molecule has 1 aliphatic rings. The summed E-state index contributed by atoms with van der Waals surface area (Å²) in [4.78, 5) is 2.15. The van der Waals surface area contributed by atoms with Gasteiger partial charge in [-0.15, -0.1) is 0 Å². The van der Waals surface area contributed by atoms with Crippen molar-refractivity contribution in [1.82, 2.24) is 10.2 Å². The molecule has 0 bridgehead atoms. The van der Waals surface area contributed by atoms with Crippen LogP contribution in [0.3, 0.4) is 0 Å². The van der Waals surface area contributed by atoms with Crippen molar-refractivity contribution >= 4 is 0 Å². The maximum absolute atomic E-state index is 9.91. The molecular formula is C10H22N2O. The molecule has 1 rings (SSSR count). The first-order valence-corrected chi connectivity index (χ1v) is 5.12. The number of rotatable bonds is 2. The lowest BCUT2D eigenvalue weighted by Gasteiger charge is -2.34. The Kier molecular flexibility index (Phi) is 3.71. The van der Waals surface area contributed by atoms with E-state index in [1.165, 1.54) is 0 Å². The lowest BCUT2D eigenvalue weighted by molar-refractivity contribution is -0.0291. The van der Waals surface area contributed by atoms with Crippen molar-refractivity contribution < 1.29 is 5.11 Å². The van der Waals surface area contributed by atoms with Gasteiger partial charge in [-0.3, -0.25) is 4.90 Å². The molecule has 0 amide bonds. The van der Waals surface area contributed by atoms with Gasteiger partial charge in [0.25, 0.3) is 0 Å². The molecular weight excluding hydrogens is 164 g/mol. The van der Waals surface area contributed by atoms with E-state index in [0.29, 0.717) is 0 Å². The molecule has 0 radical (unpaired) electrons. The average molecular weight is 186 g/mol. The van der Waals surface area contributed by atoms with Gasteiger partial charge in [-0.05, 0) is 11.8 Å². The van der Waals surface area contributed by atoms with Gasteiger partial charge in [0, 0.05) is 26.2 Å². The Morgan fingerprint density at radius 3 is 2.31 bits per heavy atom. The summed E-state index contributed by atoms with van der Waals surface area (Å²) < 4.78 is 0. The minimum absolute atomic E-state index is 0.213. The summed E-state index contributed by atoms with van der Waals surface area (Å²) >= 11 is 0. The fraction of sp³-hybridized carbons (Fsp3) is 1.00. The Morgan fingerprint density at radius 2 is 1.85 bits per heavy atom. The van der Waals surface area contributed by atoms with Gasteiger partial charge >= 0.3 is 0 Å². The van der Waals surface area contributed by atoms with Gasteiger partial charge in [0.05, 0.1) is 0 Å². The van der Waals surface area contributed by atoms with Crippen LogP contribution in [-0.2, 0) is 0 Å². The Labute approximate surface area is 81.1 Å². The van der Waals surface area contributed by atoms with Crippen molar-refractivity contribution in [3.8, 4) is 0 Å². The maximum Gasteiger partial charge on any atom is 0.107 e. The number of aliphatic hydroxyl groups excluding tert-OH is 1. The highest BCUT2D eigenvalue weighted by molar-refractivity contribution is 4.74. The minimum atomic E-state index is -0.262. The van der Waals surface area contributed by atoms with E-state index in [-0.39, 0.29) is 11.6 Å². The van der Waals surface area contributed by atoms with Crippen LogP contribution in [-0.4, -0.2) is 42.4 Å². The Balaban J connectivity index is 2.33. The molecule has 1 fully saturated rings. The lowest BCUT2D eigenvalue weighted by atomic mass is 9.91. The average Bonchev–Trinajstić information content (AvgIpc) is 2.03. The Morgan fingerprint density at radius 1 is 1.31 bits per heavy atom. The van der Waals surface area contributed by atoms with Crippen LogP contribution in [0.15, 0.2) is 0 Å². The molecule has 0 aromatic heterocycles. The van der Waals surface area contributed by atoms with Crippen molar-refractivity contribution in [1.29, 1.82) is 0 Å². The lowest BCUT2D eigenvalue weighted by Crippen LogP contribution is -2.49. The molecule has 1 saturated heterocycles. The number of nitrogens with one attached hydrogen (secondary N) is 1. The molecule has 1 unspecified atom stereocenters. The number of hydrogen-bond donors (Lipinski definition) is 2. The summed E-state index contributed by atoms with van der Waals surface area (Å²) in [5.41, 5.74) is 0.213. The first-order valence-electron chi connectivity index (χ1n) is 5.12. The summed E-state index contributed by atoms with van der Waals surface area (Å²) in [6.07, 6.45) is 0.592. The first-order chi connectivity index (χ1) is 5.99. The van der Waals surface area contributed by atoms with Crippen molar-refractivity contribution in [3.05, 3.63) is 0 Å². The summed E-state index contributed by atoms with van der Waals surface area (Å²) in [5.74, 6) is 0. The largest absolute Gasteiger partial charge is 0.378 e. The van der Waals surface area contributed by atoms with E-state index in [1.807, 2.05) is 0 Å². The zero-order chi connectivity index (χ0) is 9.90. The number of hydrogen-bond acceptors (Lipinski definition) is 3. The first kappa shape index (κ1) is 11.0. The van der Waals surface area contributed by atoms with E-state index >= 15 is 0 Å². The number of nitrogens with zero attached hydrogens (tertiary/aromatic N) is 1. The fourth-order valence-corrected chi connectivity index (χ4v) is 1.66. The molecule has 1 atom stereocenters. The summed E-state index contributed by atoms with van der Waals surface area (Å²) in [6.45, 7) is 10.4. The molecule has 78 valence electrons. The number of piperazine rings is 1. The molecule has 13 heavy (non-hydrogen) atoms. The predicted octanol–water partition coefficient (Wildman–Crippen LogP) is 0.646. The predicted molar refractivity (Wildman–Crippen MR) is 54.5 cm³/mol. The topological polar surface area (TPSA) is 35.5 Å². The molecule has 0 saturated carbocycles. The summed E-state index contributed by atoms with van der Waals surface area (Å²) in [7, 11) is 0. The van der Waals surface area contributed by atoms with Gasteiger partial charge < -0.3 is 10.4 Å².